The molecule has 6 heteroatoms. The number of carbonyl (C=O) groups excluding carboxylic acids is 3. The molecule has 6 fully saturated rings. The van der Waals surface area contributed by atoms with Gasteiger partial charge in [0.1, 0.15) is 16.8 Å². The smallest absolute Gasteiger partial charge is 0.312 e. The van der Waals surface area contributed by atoms with Gasteiger partial charge in [-0.05, 0) is 190 Å². The fourth-order valence-electron chi connectivity index (χ4n) is 10.3. The van der Waals surface area contributed by atoms with Gasteiger partial charge in [0.2, 0.25) is 0 Å². The van der Waals surface area contributed by atoms with Crippen molar-refractivity contribution in [1.82, 2.24) is 0 Å². The molecule has 0 radical (unpaired) electrons. The Labute approximate surface area is 345 Å². The van der Waals surface area contributed by atoms with Crippen molar-refractivity contribution < 1.29 is 28.6 Å². The molecule has 0 N–H and O–H groups in total. The highest BCUT2D eigenvalue weighted by atomic mass is 16.6. The second-order valence-electron chi connectivity index (χ2n) is 22.2. The van der Waals surface area contributed by atoms with Gasteiger partial charge in [-0.15, -0.1) is 0 Å². The minimum Gasteiger partial charge on any atom is -0.459 e. The highest BCUT2D eigenvalue weighted by molar-refractivity contribution is 5.77. The molecule has 0 saturated heterocycles. The summed E-state index contributed by atoms with van der Waals surface area (Å²) in [6, 6.07) is 0. The molecule has 6 aliphatic carbocycles. The molecule has 326 valence electrons. The molecule has 2 atom stereocenters. The van der Waals surface area contributed by atoms with Crippen molar-refractivity contribution in [2.45, 2.75) is 261 Å². The van der Waals surface area contributed by atoms with Gasteiger partial charge >= 0.3 is 17.9 Å². The van der Waals surface area contributed by atoms with Gasteiger partial charge in [0.05, 0.1) is 16.2 Å². The van der Waals surface area contributed by atoms with Gasteiger partial charge in [-0.1, -0.05) is 72.1 Å². The molecule has 6 nitrogen and oxygen atoms in total. The first kappa shape index (κ1) is 48.8. The molecule has 6 aliphatic rings. The summed E-state index contributed by atoms with van der Waals surface area (Å²) in [6.07, 6.45) is 28.7. The summed E-state index contributed by atoms with van der Waals surface area (Å²) >= 11 is 0. The molecule has 56 heavy (non-hydrogen) atoms. The van der Waals surface area contributed by atoms with Crippen LogP contribution in [0, 0.1) is 39.4 Å². The highest BCUT2D eigenvalue weighted by Crippen LogP contribution is 2.69. The Morgan fingerprint density at radius 3 is 1.11 bits per heavy atom. The summed E-state index contributed by atoms with van der Waals surface area (Å²) in [5, 5.41) is 0. The predicted molar refractivity (Wildman–Crippen MR) is 231 cm³/mol. The van der Waals surface area contributed by atoms with E-state index in [-0.39, 0.29) is 56.4 Å². The van der Waals surface area contributed by atoms with Gasteiger partial charge in [-0.3, -0.25) is 14.4 Å². The quantitative estimate of drug-likeness (QED) is 0.162. The Morgan fingerprint density at radius 1 is 0.482 bits per heavy atom. The molecule has 4 bridgehead atoms. The molecule has 0 aromatic carbocycles. The number of carbonyl (C=O) groups is 3. The average molecular weight is 787 g/mol. The number of rotatable bonds is 10. The predicted octanol–water partition coefficient (Wildman–Crippen LogP) is 14.3. The van der Waals surface area contributed by atoms with Crippen LogP contribution in [0.3, 0.4) is 0 Å². The molecule has 2 unspecified atom stereocenters. The van der Waals surface area contributed by atoms with Crippen molar-refractivity contribution in [1.29, 1.82) is 0 Å². The first-order valence-corrected chi connectivity index (χ1v) is 23.7. The van der Waals surface area contributed by atoms with Crippen molar-refractivity contribution in [3.8, 4) is 0 Å². The third kappa shape index (κ3) is 13.0. The molecular formula is C50H90O6. The van der Waals surface area contributed by atoms with E-state index in [1.807, 2.05) is 48.5 Å². The maximum Gasteiger partial charge on any atom is 0.312 e. The number of ether oxygens (including phenoxy) is 3. The summed E-state index contributed by atoms with van der Waals surface area (Å²) in [5.74, 6) is 2.57. The Kier molecular flexibility index (Phi) is 17.5. The average Bonchev–Trinajstić information content (AvgIpc) is 3.54. The van der Waals surface area contributed by atoms with Crippen LogP contribution >= 0.6 is 0 Å². The first-order valence-electron chi connectivity index (χ1n) is 23.7. The third-order valence-electron chi connectivity index (χ3n) is 15.8. The van der Waals surface area contributed by atoms with E-state index in [2.05, 4.69) is 41.5 Å². The molecule has 6 saturated carbocycles. The number of hydrogen-bond acceptors (Lipinski definition) is 6. The summed E-state index contributed by atoms with van der Waals surface area (Å²) in [7, 11) is 0. The zero-order valence-corrected chi connectivity index (χ0v) is 39.2. The number of esters is 3. The van der Waals surface area contributed by atoms with E-state index >= 15 is 0 Å². The Morgan fingerprint density at radius 2 is 0.786 bits per heavy atom. The summed E-state index contributed by atoms with van der Waals surface area (Å²) in [5.41, 5.74) is -1.52. The minimum absolute atomic E-state index is 0.00871. The maximum atomic E-state index is 12.5. The van der Waals surface area contributed by atoms with Crippen molar-refractivity contribution in [3.63, 3.8) is 0 Å². The molecule has 6 rings (SSSR count). The van der Waals surface area contributed by atoms with E-state index in [9.17, 15) is 14.4 Å². The van der Waals surface area contributed by atoms with E-state index in [4.69, 9.17) is 14.2 Å². The fourth-order valence-corrected chi connectivity index (χ4v) is 10.3. The highest BCUT2D eigenvalue weighted by Gasteiger charge is 2.65. The second kappa shape index (κ2) is 20.1. The van der Waals surface area contributed by atoms with Crippen LogP contribution in [-0.4, -0.2) is 34.7 Å². The normalized spacial score (nSPS) is 27.9. The van der Waals surface area contributed by atoms with Crippen LogP contribution in [0.5, 0.6) is 0 Å². The molecule has 0 spiro atoms. The van der Waals surface area contributed by atoms with Gasteiger partial charge in [0, 0.05) is 5.41 Å². The van der Waals surface area contributed by atoms with Gasteiger partial charge in [-0.25, -0.2) is 0 Å². The second-order valence-corrected chi connectivity index (χ2v) is 22.2. The Hall–Kier alpha value is -1.59. The molecular weight excluding hydrogens is 697 g/mol. The molecule has 0 heterocycles. The van der Waals surface area contributed by atoms with E-state index in [1.54, 1.807) is 0 Å². The van der Waals surface area contributed by atoms with E-state index in [1.165, 1.54) is 109 Å². The molecule has 0 amide bonds. The van der Waals surface area contributed by atoms with Crippen LogP contribution in [-0.2, 0) is 28.6 Å². The fraction of sp³-hybridized carbons (Fsp3) is 0.940. The number of hydrogen-bond donors (Lipinski definition) is 0. The standard InChI is InChI=1S/C18H30O2.C17H32O2.C15H28O2/c1-6-16(2,3)15(19)20-17(4,5)18-10-12-7-13(11-18)9-14(18)8-12;1-5-16(2,3)15(18)19-17(4)13-11-9-7-6-8-10-12-14-17;1-5-14(2,3)13(16)17-15(4)11-9-7-6-8-10-12-15/h12-14H,6-11H2,1-5H3;5-14H2,1-4H3;5-12H2,1-4H3. The molecule has 0 aromatic heterocycles. The summed E-state index contributed by atoms with van der Waals surface area (Å²) < 4.78 is 17.9. The van der Waals surface area contributed by atoms with Crippen molar-refractivity contribution in [2.24, 2.45) is 39.4 Å². The van der Waals surface area contributed by atoms with Crippen LogP contribution in [0.2, 0.25) is 0 Å². The Bertz CT molecular complexity index is 1230. The van der Waals surface area contributed by atoms with E-state index in [0.29, 0.717) is 0 Å². The van der Waals surface area contributed by atoms with Crippen LogP contribution in [0.15, 0.2) is 0 Å². The third-order valence-corrected chi connectivity index (χ3v) is 15.8. The largest absolute Gasteiger partial charge is 0.459 e. The monoisotopic (exact) mass is 787 g/mol. The topological polar surface area (TPSA) is 78.9 Å². The Balaban J connectivity index is 0.000000226. The lowest BCUT2D eigenvalue weighted by Gasteiger charge is -2.46. The van der Waals surface area contributed by atoms with Gasteiger partial charge in [0.25, 0.3) is 0 Å². The molecule has 0 aliphatic heterocycles. The SMILES string of the molecule is CCC(C)(C)C(=O)OC(C)(C)C12CC3CC(CC1C3)C2.CCC(C)(C)C(=O)OC1(C)CCCCCCC1.CCC(C)(C)C(=O)OC1(C)CCCCCCCCC1. The van der Waals surface area contributed by atoms with Crippen LogP contribution in [0.25, 0.3) is 0 Å². The maximum absolute atomic E-state index is 12.5. The van der Waals surface area contributed by atoms with E-state index in [0.717, 1.165) is 62.7 Å². The lowest BCUT2D eigenvalue weighted by atomic mass is 9.65. The first-order chi connectivity index (χ1) is 26.0. The minimum atomic E-state index is -0.358. The van der Waals surface area contributed by atoms with Crippen molar-refractivity contribution >= 4 is 17.9 Å². The zero-order chi connectivity index (χ0) is 42.1. The summed E-state index contributed by atoms with van der Waals surface area (Å²) in [6.45, 7) is 26.7. The van der Waals surface area contributed by atoms with Crippen LogP contribution in [0.4, 0.5) is 0 Å². The molecule has 0 aromatic rings. The van der Waals surface area contributed by atoms with Crippen molar-refractivity contribution in [2.75, 3.05) is 0 Å². The van der Waals surface area contributed by atoms with E-state index < -0.39 is 0 Å². The zero-order valence-electron chi connectivity index (χ0n) is 39.2. The van der Waals surface area contributed by atoms with Crippen LogP contribution in [0.1, 0.15) is 244 Å². The van der Waals surface area contributed by atoms with Gasteiger partial charge in [-0.2, -0.15) is 0 Å². The van der Waals surface area contributed by atoms with Gasteiger partial charge < -0.3 is 14.2 Å². The lowest BCUT2D eigenvalue weighted by Crippen LogP contribution is -2.49. The summed E-state index contributed by atoms with van der Waals surface area (Å²) in [4.78, 5) is 37.0. The van der Waals surface area contributed by atoms with Crippen molar-refractivity contribution in [3.05, 3.63) is 0 Å². The van der Waals surface area contributed by atoms with Gasteiger partial charge in [0.15, 0.2) is 0 Å². The lowest BCUT2D eigenvalue weighted by molar-refractivity contribution is -0.185. The van der Waals surface area contributed by atoms with Crippen LogP contribution < -0.4 is 0 Å².